The highest BCUT2D eigenvalue weighted by Gasteiger charge is 2.29. The van der Waals surface area contributed by atoms with E-state index in [4.69, 9.17) is 5.73 Å². The van der Waals surface area contributed by atoms with Crippen LogP contribution in [0.4, 0.5) is 5.13 Å². The molecule has 0 unspecified atom stereocenters. The van der Waals surface area contributed by atoms with E-state index in [0.717, 1.165) is 12.8 Å². The highest BCUT2D eigenvalue weighted by molar-refractivity contribution is 7.13. The summed E-state index contributed by atoms with van der Waals surface area (Å²) in [6, 6.07) is 0.00271. The summed E-state index contributed by atoms with van der Waals surface area (Å²) in [5, 5.41) is 10.5. The molecule has 5 nitrogen and oxygen atoms in total. The van der Waals surface area contributed by atoms with Gasteiger partial charge in [-0.1, -0.05) is 11.3 Å². The Morgan fingerprint density at radius 1 is 1.79 bits per heavy atom. The lowest BCUT2D eigenvalue weighted by Crippen LogP contribution is -2.28. The van der Waals surface area contributed by atoms with Gasteiger partial charge in [0.05, 0.1) is 0 Å². The van der Waals surface area contributed by atoms with E-state index in [-0.39, 0.29) is 11.9 Å². The van der Waals surface area contributed by atoms with Crippen molar-refractivity contribution in [2.75, 3.05) is 5.32 Å². The van der Waals surface area contributed by atoms with Crippen LogP contribution in [0.1, 0.15) is 19.3 Å². The minimum atomic E-state index is -0.0684. The molecule has 0 saturated heterocycles. The van der Waals surface area contributed by atoms with Crippen LogP contribution in [0.5, 0.6) is 0 Å². The van der Waals surface area contributed by atoms with Gasteiger partial charge >= 0.3 is 0 Å². The minimum Gasteiger partial charge on any atom is -0.327 e. The molecule has 0 bridgehead atoms. The van der Waals surface area contributed by atoms with Gasteiger partial charge < -0.3 is 11.1 Å². The van der Waals surface area contributed by atoms with Gasteiger partial charge in [0.2, 0.25) is 11.0 Å². The third-order valence-corrected chi connectivity index (χ3v) is 2.86. The number of nitrogens with zero attached hydrogens (tertiary/aromatic N) is 2. The highest BCUT2D eigenvalue weighted by Crippen LogP contribution is 2.32. The molecule has 1 aliphatic carbocycles. The molecule has 1 fully saturated rings. The first-order chi connectivity index (χ1) is 6.75. The number of anilines is 1. The minimum absolute atomic E-state index is 0.00271. The summed E-state index contributed by atoms with van der Waals surface area (Å²) in [6.07, 6.45) is 2.70. The van der Waals surface area contributed by atoms with Crippen LogP contribution in [0.25, 0.3) is 0 Å². The van der Waals surface area contributed by atoms with Crippen molar-refractivity contribution in [2.24, 2.45) is 11.7 Å². The van der Waals surface area contributed by atoms with Crippen molar-refractivity contribution in [1.82, 2.24) is 10.2 Å². The molecule has 0 aliphatic heterocycles. The standard InChI is InChI=1S/C8H12N4OS/c9-6(5-1-2-5)3-7(13)11-8-12-10-4-14-8/h4-6H,1-3,9H2,(H,11,12,13)/t6-/m1/s1. The molecule has 1 aromatic heterocycles. The van der Waals surface area contributed by atoms with Crippen molar-refractivity contribution in [1.29, 1.82) is 0 Å². The number of hydrogen-bond acceptors (Lipinski definition) is 5. The number of carbonyl (C=O) groups is 1. The summed E-state index contributed by atoms with van der Waals surface area (Å²) < 4.78 is 0. The van der Waals surface area contributed by atoms with Crippen LogP contribution in [-0.2, 0) is 4.79 Å². The fourth-order valence-corrected chi connectivity index (χ4v) is 1.76. The van der Waals surface area contributed by atoms with Gasteiger partial charge in [-0.15, -0.1) is 10.2 Å². The van der Waals surface area contributed by atoms with Crippen molar-refractivity contribution in [3.63, 3.8) is 0 Å². The van der Waals surface area contributed by atoms with Gasteiger partial charge in [-0.25, -0.2) is 0 Å². The SMILES string of the molecule is N[C@H](CC(=O)Nc1nncs1)C1CC1. The maximum atomic E-state index is 11.4. The summed E-state index contributed by atoms with van der Waals surface area (Å²) in [5.41, 5.74) is 7.40. The zero-order valence-electron chi connectivity index (χ0n) is 7.64. The lowest BCUT2D eigenvalue weighted by Gasteiger charge is -2.08. The molecule has 0 spiro atoms. The molecule has 1 aliphatic rings. The van der Waals surface area contributed by atoms with E-state index in [1.165, 1.54) is 11.3 Å². The number of nitrogens with one attached hydrogen (secondary N) is 1. The normalized spacial score (nSPS) is 17.8. The number of aromatic nitrogens is 2. The number of nitrogens with two attached hydrogens (primary N) is 1. The second-order valence-corrected chi connectivity index (χ2v) is 4.33. The third kappa shape index (κ3) is 2.49. The van der Waals surface area contributed by atoms with E-state index < -0.39 is 0 Å². The van der Waals surface area contributed by atoms with Gasteiger partial charge in [-0.3, -0.25) is 4.79 Å². The van der Waals surface area contributed by atoms with Gasteiger partial charge in [-0.2, -0.15) is 0 Å². The van der Waals surface area contributed by atoms with Gasteiger partial charge in [0.25, 0.3) is 0 Å². The molecule has 1 atom stereocenters. The lowest BCUT2D eigenvalue weighted by atomic mass is 10.1. The Kier molecular flexibility index (Phi) is 2.74. The third-order valence-electron chi connectivity index (χ3n) is 2.25. The molecule has 14 heavy (non-hydrogen) atoms. The Hall–Kier alpha value is -1.01. The largest absolute Gasteiger partial charge is 0.327 e. The van der Waals surface area contributed by atoms with E-state index in [1.807, 2.05) is 0 Å². The highest BCUT2D eigenvalue weighted by atomic mass is 32.1. The predicted molar refractivity (Wildman–Crippen MR) is 53.9 cm³/mol. The Morgan fingerprint density at radius 3 is 3.14 bits per heavy atom. The van der Waals surface area contributed by atoms with E-state index in [0.29, 0.717) is 17.5 Å². The molecule has 1 heterocycles. The first kappa shape index (κ1) is 9.54. The van der Waals surface area contributed by atoms with Gasteiger partial charge in [0.1, 0.15) is 5.51 Å². The van der Waals surface area contributed by atoms with Gasteiger partial charge in [0.15, 0.2) is 0 Å². The van der Waals surface area contributed by atoms with Crippen molar-refractivity contribution in [3.8, 4) is 0 Å². The summed E-state index contributed by atoms with van der Waals surface area (Å²) in [4.78, 5) is 11.4. The fourth-order valence-electron chi connectivity index (χ4n) is 1.30. The van der Waals surface area contributed by atoms with Crippen molar-refractivity contribution in [3.05, 3.63) is 5.51 Å². The predicted octanol–water partition coefficient (Wildman–Crippen LogP) is 0.604. The maximum Gasteiger partial charge on any atom is 0.227 e. The van der Waals surface area contributed by atoms with Crippen LogP contribution >= 0.6 is 11.3 Å². The van der Waals surface area contributed by atoms with Crippen molar-refractivity contribution >= 4 is 22.4 Å². The summed E-state index contributed by atoms with van der Waals surface area (Å²) in [7, 11) is 0. The average molecular weight is 212 g/mol. The quantitative estimate of drug-likeness (QED) is 0.766. The number of amides is 1. The van der Waals surface area contributed by atoms with Crippen molar-refractivity contribution < 1.29 is 4.79 Å². The number of rotatable bonds is 4. The van der Waals surface area contributed by atoms with Crippen LogP contribution in [0.2, 0.25) is 0 Å². The van der Waals surface area contributed by atoms with Crippen LogP contribution < -0.4 is 11.1 Å². The summed E-state index contributed by atoms with van der Waals surface area (Å²) >= 11 is 1.31. The molecule has 3 N–H and O–H groups in total. The molecule has 1 amide bonds. The first-order valence-corrected chi connectivity index (χ1v) is 5.45. The molecule has 1 aromatic rings. The number of carbonyl (C=O) groups excluding carboxylic acids is 1. The molecule has 0 radical (unpaired) electrons. The smallest absolute Gasteiger partial charge is 0.227 e. The van der Waals surface area contributed by atoms with Gasteiger partial charge in [0, 0.05) is 12.5 Å². The Bertz CT molecular complexity index is 309. The van der Waals surface area contributed by atoms with E-state index in [2.05, 4.69) is 15.5 Å². The Balaban J connectivity index is 1.78. The van der Waals surface area contributed by atoms with Crippen molar-refractivity contribution in [2.45, 2.75) is 25.3 Å². The zero-order chi connectivity index (χ0) is 9.97. The molecular formula is C8H12N4OS. The second-order valence-electron chi connectivity index (χ2n) is 3.50. The fraction of sp³-hybridized carbons (Fsp3) is 0.625. The zero-order valence-corrected chi connectivity index (χ0v) is 8.46. The van der Waals surface area contributed by atoms with E-state index in [9.17, 15) is 4.79 Å². The van der Waals surface area contributed by atoms with Crippen LogP contribution in [0.15, 0.2) is 5.51 Å². The first-order valence-electron chi connectivity index (χ1n) is 4.57. The summed E-state index contributed by atoms with van der Waals surface area (Å²) in [6.45, 7) is 0. The molecule has 0 aromatic carbocycles. The Morgan fingerprint density at radius 2 is 2.57 bits per heavy atom. The van der Waals surface area contributed by atoms with E-state index in [1.54, 1.807) is 5.51 Å². The van der Waals surface area contributed by atoms with Crippen LogP contribution in [-0.4, -0.2) is 22.1 Å². The molecular weight excluding hydrogens is 200 g/mol. The monoisotopic (exact) mass is 212 g/mol. The average Bonchev–Trinajstić information content (AvgIpc) is 2.87. The van der Waals surface area contributed by atoms with E-state index >= 15 is 0 Å². The summed E-state index contributed by atoms with van der Waals surface area (Å²) in [5.74, 6) is 0.483. The van der Waals surface area contributed by atoms with Crippen LogP contribution in [0, 0.1) is 5.92 Å². The maximum absolute atomic E-state index is 11.4. The lowest BCUT2D eigenvalue weighted by molar-refractivity contribution is -0.116. The van der Waals surface area contributed by atoms with Crippen LogP contribution in [0.3, 0.4) is 0 Å². The second kappa shape index (κ2) is 4.02. The topological polar surface area (TPSA) is 80.9 Å². The number of hydrogen-bond donors (Lipinski definition) is 2. The molecule has 1 saturated carbocycles. The Labute approximate surface area is 85.7 Å². The molecule has 76 valence electrons. The molecule has 2 rings (SSSR count). The molecule has 6 heteroatoms. The van der Waals surface area contributed by atoms with Gasteiger partial charge in [-0.05, 0) is 18.8 Å².